The number of nitrogens with one attached hydrogen (secondary N) is 1. The van der Waals surface area contributed by atoms with Crippen LogP contribution in [0.3, 0.4) is 0 Å². The molecule has 0 aliphatic rings. The minimum Gasteiger partial charge on any atom is -0.370 e. The summed E-state index contributed by atoms with van der Waals surface area (Å²) in [6, 6.07) is 3.03. The molecule has 2 nitrogen and oxygen atoms in total. The van der Waals surface area contributed by atoms with Gasteiger partial charge < -0.3 is 5.32 Å². The Hall–Kier alpha value is -0.830. The van der Waals surface area contributed by atoms with Crippen molar-refractivity contribution in [2.45, 2.75) is 19.3 Å². The lowest BCUT2D eigenvalue weighted by atomic mass is 10.2. The van der Waals surface area contributed by atoms with Crippen molar-refractivity contribution in [2.24, 2.45) is 0 Å². The molecule has 0 saturated heterocycles. The molecule has 1 N–H and O–H groups in total. The van der Waals surface area contributed by atoms with E-state index in [0.717, 1.165) is 37.5 Å². The van der Waals surface area contributed by atoms with Crippen LogP contribution in [0.5, 0.6) is 0 Å². The predicted molar refractivity (Wildman–Crippen MR) is 57.3 cm³/mol. The summed E-state index contributed by atoms with van der Waals surface area (Å²) in [6.07, 6.45) is 4.42. The van der Waals surface area contributed by atoms with Gasteiger partial charge in [0.15, 0.2) is 0 Å². The molecule has 1 heterocycles. The number of halogens is 2. The van der Waals surface area contributed by atoms with Crippen LogP contribution in [0.15, 0.2) is 18.3 Å². The minimum absolute atomic E-state index is 0.308. The number of hydrogen-bond acceptors (Lipinski definition) is 2. The molecule has 0 atom stereocenters. The molecular weight excluding hydrogens is 203 g/mol. The van der Waals surface area contributed by atoms with Gasteiger partial charge in [0.2, 0.25) is 0 Å². The third kappa shape index (κ3) is 4.42. The summed E-state index contributed by atoms with van der Waals surface area (Å²) in [5, 5.41) is 3.11. The molecule has 0 amide bonds. The predicted octanol–water partition coefficient (Wildman–Crippen LogP) is 3.04. The van der Waals surface area contributed by atoms with Gasteiger partial charge in [0.25, 0.3) is 0 Å². The fraction of sp³-hybridized carbons (Fsp3) is 0.500. The monoisotopic (exact) mass is 216 g/mol. The van der Waals surface area contributed by atoms with Crippen LogP contribution in [-0.2, 0) is 0 Å². The van der Waals surface area contributed by atoms with Crippen molar-refractivity contribution in [2.75, 3.05) is 17.7 Å². The Morgan fingerprint density at radius 3 is 2.79 bits per heavy atom. The molecule has 1 rings (SSSR count). The molecule has 0 aliphatic heterocycles. The Labute approximate surface area is 88.5 Å². The molecule has 4 heteroatoms. The van der Waals surface area contributed by atoms with E-state index in [0.29, 0.717) is 0 Å². The van der Waals surface area contributed by atoms with Crippen LogP contribution in [-0.4, -0.2) is 17.4 Å². The number of anilines is 1. The zero-order valence-electron chi connectivity index (χ0n) is 7.97. The number of hydrogen-bond donors (Lipinski definition) is 1. The SMILES string of the molecule is Fc1ccc(NCCCCCCl)nc1. The number of rotatable bonds is 6. The summed E-state index contributed by atoms with van der Waals surface area (Å²) < 4.78 is 12.5. The van der Waals surface area contributed by atoms with Gasteiger partial charge in [0, 0.05) is 12.4 Å². The minimum atomic E-state index is -0.308. The molecule has 78 valence electrons. The molecule has 0 fully saturated rings. The van der Waals surface area contributed by atoms with Gasteiger partial charge in [-0.15, -0.1) is 11.6 Å². The number of nitrogens with zero attached hydrogens (tertiary/aromatic N) is 1. The van der Waals surface area contributed by atoms with Crippen molar-refractivity contribution in [3.63, 3.8) is 0 Å². The van der Waals surface area contributed by atoms with Gasteiger partial charge in [-0.3, -0.25) is 0 Å². The zero-order valence-corrected chi connectivity index (χ0v) is 8.73. The summed E-state index contributed by atoms with van der Waals surface area (Å²) in [5.74, 6) is 1.13. The number of pyridine rings is 1. The van der Waals surface area contributed by atoms with Gasteiger partial charge in [-0.25, -0.2) is 9.37 Å². The zero-order chi connectivity index (χ0) is 10.2. The first-order chi connectivity index (χ1) is 6.83. The van der Waals surface area contributed by atoms with Gasteiger partial charge in [-0.2, -0.15) is 0 Å². The van der Waals surface area contributed by atoms with Gasteiger partial charge in [0.05, 0.1) is 6.20 Å². The summed E-state index contributed by atoms with van der Waals surface area (Å²) in [5.41, 5.74) is 0. The Balaban J connectivity index is 2.15. The highest BCUT2D eigenvalue weighted by molar-refractivity contribution is 6.17. The molecule has 14 heavy (non-hydrogen) atoms. The molecule has 0 saturated carbocycles. The molecule has 0 bridgehead atoms. The lowest BCUT2D eigenvalue weighted by Gasteiger charge is -2.04. The number of alkyl halides is 1. The maximum Gasteiger partial charge on any atom is 0.141 e. The molecule has 1 aromatic rings. The summed E-state index contributed by atoms with van der Waals surface area (Å²) >= 11 is 5.54. The van der Waals surface area contributed by atoms with Crippen molar-refractivity contribution in [3.05, 3.63) is 24.1 Å². The van der Waals surface area contributed by atoms with E-state index in [1.807, 2.05) is 0 Å². The van der Waals surface area contributed by atoms with Crippen molar-refractivity contribution in [3.8, 4) is 0 Å². The third-order valence-electron chi connectivity index (χ3n) is 1.84. The first-order valence-corrected chi connectivity index (χ1v) is 5.28. The molecule has 1 aromatic heterocycles. The van der Waals surface area contributed by atoms with Crippen LogP contribution in [0.1, 0.15) is 19.3 Å². The largest absolute Gasteiger partial charge is 0.370 e. The van der Waals surface area contributed by atoms with Crippen LogP contribution >= 0.6 is 11.6 Å². The Morgan fingerprint density at radius 2 is 2.14 bits per heavy atom. The van der Waals surface area contributed by atoms with E-state index in [2.05, 4.69) is 10.3 Å². The molecule has 0 spiro atoms. The summed E-state index contributed by atoms with van der Waals surface area (Å²) in [7, 11) is 0. The highest BCUT2D eigenvalue weighted by atomic mass is 35.5. The first-order valence-electron chi connectivity index (χ1n) is 4.74. The fourth-order valence-corrected chi connectivity index (χ4v) is 1.28. The number of aromatic nitrogens is 1. The summed E-state index contributed by atoms with van der Waals surface area (Å²) in [6.45, 7) is 0.857. The van der Waals surface area contributed by atoms with Gasteiger partial charge in [-0.05, 0) is 25.0 Å². The molecule has 0 unspecified atom stereocenters. The Kier molecular flexibility index (Phi) is 5.30. The number of unbranched alkanes of at least 4 members (excludes halogenated alkanes) is 2. The smallest absolute Gasteiger partial charge is 0.141 e. The van der Waals surface area contributed by atoms with E-state index < -0.39 is 0 Å². The van der Waals surface area contributed by atoms with Gasteiger partial charge >= 0.3 is 0 Å². The maximum atomic E-state index is 12.5. The topological polar surface area (TPSA) is 24.9 Å². The molecule has 0 aromatic carbocycles. The van der Waals surface area contributed by atoms with Gasteiger partial charge in [-0.1, -0.05) is 6.42 Å². The molecule has 0 aliphatic carbocycles. The quantitative estimate of drug-likeness (QED) is 0.584. The second-order valence-electron chi connectivity index (χ2n) is 3.04. The van der Waals surface area contributed by atoms with E-state index in [9.17, 15) is 4.39 Å². The third-order valence-corrected chi connectivity index (χ3v) is 2.11. The van der Waals surface area contributed by atoms with Gasteiger partial charge in [0.1, 0.15) is 11.6 Å². The van der Waals surface area contributed by atoms with Crippen LogP contribution < -0.4 is 5.32 Å². The van der Waals surface area contributed by atoms with Crippen molar-refractivity contribution in [1.29, 1.82) is 0 Å². The van der Waals surface area contributed by atoms with Crippen LogP contribution in [0.4, 0.5) is 10.2 Å². The normalized spacial score (nSPS) is 10.1. The van der Waals surface area contributed by atoms with Crippen molar-refractivity contribution < 1.29 is 4.39 Å². The lowest BCUT2D eigenvalue weighted by Crippen LogP contribution is -2.03. The van der Waals surface area contributed by atoms with E-state index >= 15 is 0 Å². The average molecular weight is 217 g/mol. The van der Waals surface area contributed by atoms with Crippen LogP contribution in [0.25, 0.3) is 0 Å². The van der Waals surface area contributed by atoms with E-state index in [-0.39, 0.29) is 5.82 Å². The first kappa shape index (κ1) is 11.2. The lowest BCUT2D eigenvalue weighted by molar-refractivity contribution is 0.621. The Morgan fingerprint density at radius 1 is 1.29 bits per heavy atom. The molecular formula is C10H14ClFN2. The second kappa shape index (κ2) is 6.60. The second-order valence-corrected chi connectivity index (χ2v) is 3.42. The standard InChI is InChI=1S/C10H14ClFN2/c11-6-2-1-3-7-13-10-5-4-9(12)8-14-10/h4-5,8H,1-3,6-7H2,(H,13,14). The Bertz CT molecular complexity index is 251. The van der Waals surface area contributed by atoms with Crippen LogP contribution in [0.2, 0.25) is 0 Å². The van der Waals surface area contributed by atoms with Crippen LogP contribution in [0, 0.1) is 5.82 Å². The molecule has 0 radical (unpaired) electrons. The maximum absolute atomic E-state index is 12.5. The van der Waals surface area contributed by atoms with Crippen molar-refractivity contribution in [1.82, 2.24) is 4.98 Å². The average Bonchev–Trinajstić information content (AvgIpc) is 2.21. The fourth-order valence-electron chi connectivity index (χ4n) is 1.09. The van der Waals surface area contributed by atoms with Crippen molar-refractivity contribution >= 4 is 17.4 Å². The van der Waals surface area contributed by atoms with E-state index in [1.54, 1.807) is 6.07 Å². The highest BCUT2D eigenvalue weighted by Crippen LogP contribution is 2.04. The summed E-state index contributed by atoms with van der Waals surface area (Å²) in [4.78, 5) is 3.88. The van der Waals surface area contributed by atoms with E-state index in [1.165, 1.54) is 12.3 Å². The van der Waals surface area contributed by atoms with E-state index in [4.69, 9.17) is 11.6 Å². The highest BCUT2D eigenvalue weighted by Gasteiger charge is 1.93.